The first-order valence-corrected chi connectivity index (χ1v) is 15.1. The van der Waals surface area contributed by atoms with Crippen molar-refractivity contribution in [3.05, 3.63) is 99.1 Å². The van der Waals surface area contributed by atoms with E-state index in [4.69, 9.17) is 22.1 Å². The summed E-state index contributed by atoms with van der Waals surface area (Å²) < 4.78 is 23.2. The number of aromatic nitrogens is 1. The lowest BCUT2D eigenvalue weighted by molar-refractivity contribution is -0.130. The fourth-order valence-electron chi connectivity index (χ4n) is 6.30. The molecule has 2 saturated carbocycles. The molecule has 2 fully saturated rings. The number of carbonyl (C=O) groups excluding carboxylic acids is 2. The molecular formula is C34H33ClFN3O4. The Labute approximate surface area is 255 Å². The summed E-state index contributed by atoms with van der Waals surface area (Å²) in [6.07, 6.45) is 7.58. The van der Waals surface area contributed by atoms with E-state index in [-0.39, 0.29) is 48.2 Å². The third kappa shape index (κ3) is 5.42. The molecular weight excluding hydrogens is 569 g/mol. The minimum Gasteiger partial charge on any atom is -0.396 e. The monoisotopic (exact) mass is 601 g/mol. The number of rotatable bonds is 9. The molecule has 2 heterocycles. The summed E-state index contributed by atoms with van der Waals surface area (Å²) in [5.41, 5.74) is 5.11. The lowest BCUT2D eigenvalue weighted by Gasteiger charge is -2.40. The fourth-order valence-corrected chi connectivity index (χ4v) is 6.42. The third-order valence-corrected chi connectivity index (χ3v) is 9.27. The molecule has 43 heavy (non-hydrogen) atoms. The zero-order valence-corrected chi connectivity index (χ0v) is 24.5. The predicted molar refractivity (Wildman–Crippen MR) is 159 cm³/mol. The minimum atomic E-state index is -1.70. The van der Waals surface area contributed by atoms with Gasteiger partial charge in [-0.25, -0.2) is 4.39 Å². The maximum atomic E-state index is 16.6. The molecule has 3 aliphatic rings. The summed E-state index contributed by atoms with van der Waals surface area (Å²) in [5.74, 6) is 1.24. The first-order chi connectivity index (χ1) is 20.8. The summed E-state index contributed by atoms with van der Waals surface area (Å²) in [7, 11) is 0. The van der Waals surface area contributed by atoms with Crippen LogP contribution in [0.25, 0.3) is 0 Å². The number of nitrogens with zero attached hydrogens (tertiary/aromatic N) is 2. The van der Waals surface area contributed by atoms with Crippen LogP contribution < -0.4 is 5.73 Å². The standard InChI is InChI=1S/C34H33ClFN3O4/c35-26-9-7-25(8-10-26)34(43-21-33(20-40)13-14-33)30-28(16-24(17-29(30)36)31(41)23-4-2-1-3-5-23)32(42)39(34)19-27-11-6-22(12-15-37)18-38-27/h6-11,16-18,23,40H,1-5,13-14,19-21,37H2/t34-/m1/s1. The van der Waals surface area contributed by atoms with Crippen molar-refractivity contribution >= 4 is 23.3 Å². The number of halogens is 2. The maximum absolute atomic E-state index is 16.6. The van der Waals surface area contributed by atoms with E-state index in [0.29, 0.717) is 21.8 Å². The first kappa shape index (κ1) is 29.3. The quantitative estimate of drug-likeness (QED) is 0.189. The number of carbonyl (C=O) groups is 2. The second kappa shape index (κ2) is 11.7. The van der Waals surface area contributed by atoms with Crippen molar-refractivity contribution in [3.63, 3.8) is 0 Å². The molecule has 222 valence electrons. The van der Waals surface area contributed by atoms with E-state index in [1.54, 1.807) is 42.6 Å². The topological polar surface area (TPSA) is 106 Å². The number of fused-ring (bicyclic) bond motifs is 1. The minimum absolute atomic E-state index is 0.0239. The van der Waals surface area contributed by atoms with Crippen molar-refractivity contribution in [1.82, 2.24) is 9.88 Å². The Morgan fingerprint density at radius 3 is 2.51 bits per heavy atom. The first-order valence-electron chi connectivity index (χ1n) is 14.7. The normalized spacial score (nSPS) is 20.8. The largest absolute Gasteiger partial charge is 0.396 e. The molecule has 9 heteroatoms. The van der Waals surface area contributed by atoms with E-state index in [2.05, 4.69) is 16.9 Å². The SMILES string of the molecule is NC#Cc1ccc(CN2C(=O)c3cc(C(=O)C4CCCCC4)cc(F)c3[C@]2(OCC2(CO)CC2)c2ccc(Cl)cc2)nc1. The van der Waals surface area contributed by atoms with Crippen molar-refractivity contribution < 1.29 is 23.8 Å². The van der Waals surface area contributed by atoms with Crippen LogP contribution in [0.1, 0.15) is 88.0 Å². The molecule has 1 atom stereocenters. The lowest BCUT2D eigenvalue weighted by Crippen LogP contribution is -2.48. The number of hydrogen-bond acceptors (Lipinski definition) is 6. The third-order valence-electron chi connectivity index (χ3n) is 9.02. The highest BCUT2D eigenvalue weighted by molar-refractivity contribution is 6.30. The molecule has 2 aromatic carbocycles. The number of aliphatic hydroxyl groups is 1. The van der Waals surface area contributed by atoms with Crippen molar-refractivity contribution in [1.29, 1.82) is 0 Å². The van der Waals surface area contributed by atoms with E-state index in [9.17, 15) is 14.7 Å². The maximum Gasteiger partial charge on any atom is 0.257 e. The van der Waals surface area contributed by atoms with Crippen molar-refractivity contribution in [2.75, 3.05) is 13.2 Å². The Morgan fingerprint density at radius 2 is 1.88 bits per heavy atom. The van der Waals surface area contributed by atoms with Crippen molar-refractivity contribution in [3.8, 4) is 12.0 Å². The van der Waals surface area contributed by atoms with E-state index in [1.807, 2.05) is 0 Å². The number of pyridine rings is 1. The molecule has 2 aliphatic carbocycles. The van der Waals surface area contributed by atoms with E-state index in [0.717, 1.165) is 44.9 Å². The Kier molecular flexibility index (Phi) is 7.99. The van der Waals surface area contributed by atoms with Crippen LogP contribution in [0, 0.1) is 29.1 Å². The molecule has 0 unspecified atom stereocenters. The zero-order chi connectivity index (χ0) is 30.2. The molecule has 0 saturated heterocycles. The lowest BCUT2D eigenvalue weighted by atomic mass is 9.83. The molecule has 0 radical (unpaired) electrons. The summed E-state index contributed by atoms with van der Waals surface area (Å²) in [4.78, 5) is 33.8. The summed E-state index contributed by atoms with van der Waals surface area (Å²) >= 11 is 6.25. The van der Waals surface area contributed by atoms with Gasteiger partial charge < -0.3 is 15.6 Å². The van der Waals surface area contributed by atoms with Gasteiger partial charge in [-0.1, -0.05) is 43.0 Å². The Bertz CT molecular complexity index is 1610. The number of ketones is 1. The van der Waals surface area contributed by atoms with Gasteiger partial charge in [-0.3, -0.25) is 19.5 Å². The number of ether oxygens (including phenoxy) is 1. The number of amides is 1. The highest BCUT2D eigenvalue weighted by Gasteiger charge is 2.56. The molecule has 7 nitrogen and oxygen atoms in total. The number of Topliss-reactive ketones (excluding diaryl/α,β-unsaturated/α-hetero) is 1. The van der Waals surface area contributed by atoms with Gasteiger partial charge in [0, 0.05) is 45.3 Å². The van der Waals surface area contributed by atoms with Crippen molar-refractivity contribution in [2.45, 2.75) is 57.2 Å². The fraction of sp³-hybridized carbons (Fsp3) is 0.382. The van der Waals surface area contributed by atoms with Crippen LogP contribution >= 0.6 is 11.6 Å². The molecule has 0 spiro atoms. The molecule has 1 aromatic heterocycles. The average Bonchev–Trinajstić information content (AvgIpc) is 3.78. The molecule has 6 rings (SSSR count). The highest BCUT2D eigenvalue weighted by Crippen LogP contribution is 2.52. The Balaban J connectivity index is 1.50. The molecule has 3 N–H and O–H groups in total. The zero-order valence-electron chi connectivity index (χ0n) is 23.7. The van der Waals surface area contributed by atoms with Crippen LogP contribution in [0.4, 0.5) is 4.39 Å². The number of nitrogens with two attached hydrogens (primary N) is 1. The van der Waals surface area contributed by atoms with Crippen LogP contribution in [-0.4, -0.2) is 39.9 Å². The average molecular weight is 602 g/mol. The second-order valence-electron chi connectivity index (χ2n) is 11.9. The predicted octanol–water partition coefficient (Wildman–Crippen LogP) is 5.55. The van der Waals surface area contributed by atoms with Gasteiger partial charge in [0.2, 0.25) is 0 Å². The Morgan fingerprint density at radius 1 is 1.14 bits per heavy atom. The van der Waals surface area contributed by atoms with Crippen LogP contribution in [0.15, 0.2) is 54.7 Å². The molecule has 3 aromatic rings. The van der Waals surface area contributed by atoms with Crippen LogP contribution in [0.2, 0.25) is 5.02 Å². The van der Waals surface area contributed by atoms with Crippen molar-refractivity contribution in [2.24, 2.45) is 17.1 Å². The van der Waals surface area contributed by atoms with Crippen LogP contribution in [-0.2, 0) is 17.0 Å². The highest BCUT2D eigenvalue weighted by atomic mass is 35.5. The molecule has 1 aliphatic heterocycles. The number of benzene rings is 2. The number of aliphatic hydroxyl groups excluding tert-OH is 1. The van der Waals surface area contributed by atoms with E-state index >= 15 is 4.39 Å². The van der Waals surface area contributed by atoms with Gasteiger partial charge in [0.15, 0.2) is 11.5 Å². The smallest absolute Gasteiger partial charge is 0.257 e. The van der Waals surface area contributed by atoms with Gasteiger partial charge in [-0.05, 0) is 68.0 Å². The van der Waals surface area contributed by atoms with Gasteiger partial charge in [0.25, 0.3) is 5.91 Å². The summed E-state index contributed by atoms with van der Waals surface area (Å²) in [5, 5.41) is 10.6. The van der Waals surface area contributed by atoms with Gasteiger partial charge in [-0.2, -0.15) is 0 Å². The van der Waals surface area contributed by atoms with Gasteiger partial charge in [0.05, 0.1) is 36.6 Å². The van der Waals surface area contributed by atoms with E-state index in [1.165, 1.54) is 17.0 Å². The van der Waals surface area contributed by atoms with Crippen LogP contribution in [0.5, 0.6) is 0 Å². The van der Waals surface area contributed by atoms with Gasteiger partial charge in [0.1, 0.15) is 5.82 Å². The summed E-state index contributed by atoms with van der Waals surface area (Å²) in [6, 6.07) is 15.3. The van der Waals surface area contributed by atoms with Gasteiger partial charge >= 0.3 is 0 Å². The number of hydrogen-bond donors (Lipinski definition) is 2. The Hall–Kier alpha value is -3.77. The summed E-state index contributed by atoms with van der Waals surface area (Å²) in [6.45, 7) is -0.0209. The van der Waals surface area contributed by atoms with E-state index < -0.39 is 22.9 Å². The van der Waals surface area contributed by atoms with Gasteiger partial charge in [-0.15, -0.1) is 0 Å². The molecule has 0 bridgehead atoms. The molecule has 1 amide bonds. The second-order valence-corrected chi connectivity index (χ2v) is 12.3. The van der Waals surface area contributed by atoms with Crippen LogP contribution in [0.3, 0.4) is 0 Å².